The van der Waals surface area contributed by atoms with Gasteiger partial charge in [0.15, 0.2) is 0 Å². The van der Waals surface area contributed by atoms with Crippen LogP contribution in [0.25, 0.3) is 0 Å². The second kappa shape index (κ2) is 5.40. The molecule has 0 amide bonds. The molecule has 0 unspecified atom stereocenters. The Balaban J connectivity index is 2.53. The standard InChI is InChI=1S/C13H11BrFNO2S/c14-13-6-5-12(7-9(13)8-16)19(17,18)11-3-1-10(15)2-4-11/h1-7H,8,16H2. The van der Waals surface area contributed by atoms with E-state index in [0.717, 1.165) is 16.6 Å². The zero-order valence-electron chi connectivity index (χ0n) is 9.81. The van der Waals surface area contributed by atoms with Gasteiger partial charge in [0.05, 0.1) is 9.79 Å². The highest BCUT2D eigenvalue weighted by Crippen LogP contribution is 2.25. The first kappa shape index (κ1) is 14.2. The lowest BCUT2D eigenvalue weighted by molar-refractivity contribution is 0.594. The van der Waals surface area contributed by atoms with Gasteiger partial charge in [-0.3, -0.25) is 0 Å². The second-order valence-corrected chi connectivity index (χ2v) is 6.72. The van der Waals surface area contributed by atoms with Crippen LogP contribution in [-0.2, 0) is 16.4 Å². The van der Waals surface area contributed by atoms with Crippen molar-refractivity contribution in [3.05, 3.63) is 58.3 Å². The van der Waals surface area contributed by atoms with Gasteiger partial charge in [-0.2, -0.15) is 0 Å². The predicted molar refractivity (Wildman–Crippen MR) is 73.9 cm³/mol. The molecule has 2 aromatic rings. The molecule has 2 N–H and O–H groups in total. The minimum Gasteiger partial charge on any atom is -0.326 e. The van der Waals surface area contributed by atoms with Crippen LogP contribution >= 0.6 is 15.9 Å². The van der Waals surface area contributed by atoms with Gasteiger partial charge in [0.2, 0.25) is 9.84 Å². The van der Waals surface area contributed by atoms with Crippen molar-refractivity contribution in [3.63, 3.8) is 0 Å². The number of hydrogen-bond acceptors (Lipinski definition) is 3. The number of benzene rings is 2. The smallest absolute Gasteiger partial charge is 0.206 e. The summed E-state index contributed by atoms with van der Waals surface area (Å²) in [5.41, 5.74) is 6.24. The first-order valence-electron chi connectivity index (χ1n) is 5.44. The van der Waals surface area contributed by atoms with Crippen LogP contribution in [-0.4, -0.2) is 8.42 Å². The lowest BCUT2D eigenvalue weighted by Crippen LogP contribution is -2.05. The normalized spacial score (nSPS) is 11.5. The van der Waals surface area contributed by atoms with E-state index in [1.807, 2.05) is 0 Å². The van der Waals surface area contributed by atoms with Gasteiger partial charge in [-0.05, 0) is 48.0 Å². The quantitative estimate of drug-likeness (QED) is 0.871. The van der Waals surface area contributed by atoms with Crippen LogP contribution in [0, 0.1) is 5.82 Å². The topological polar surface area (TPSA) is 60.2 Å². The molecular formula is C13H11BrFNO2S. The van der Waals surface area contributed by atoms with E-state index in [1.165, 1.54) is 24.3 Å². The zero-order chi connectivity index (χ0) is 14.0. The van der Waals surface area contributed by atoms with Crippen LogP contribution in [0.3, 0.4) is 0 Å². The molecule has 0 aliphatic heterocycles. The summed E-state index contributed by atoms with van der Waals surface area (Å²) in [6.07, 6.45) is 0. The van der Waals surface area contributed by atoms with Crippen LogP contribution in [0.4, 0.5) is 4.39 Å². The molecule has 0 aromatic heterocycles. The van der Waals surface area contributed by atoms with E-state index in [-0.39, 0.29) is 16.3 Å². The molecule has 0 atom stereocenters. The van der Waals surface area contributed by atoms with Gasteiger partial charge in [0.25, 0.3) is 0 Å². The summed E-state index contributed by atoms with van der Waals surface area (Å²) >= 11 is 3.30. The fraction of sp³-hybridized carbons (Fsp3) is 0.0769. The molecule has 0 spiro atoms. The molecule has 0 bridgehead atoms. The third-order valence-electron chi connectivity index (χ3n) is 2.67. The van der Waals surface area contributed by atoms with E-state index in [0.29, 0.717) is 5.56 Å². The highest BCUT2D eigenvalue weighted by Gasteiger charge is 2.18. The number of sulfone groups is 1. The third kappa shape index (κ3) is 2.86. The van der Waals surface area contributed by atoms with Crippen molar-refractivity contribution in [2.24, 2.45) is 5.73 Å². The van der Waals surface area contributed by atoms with E-state index >= 15 is 0 Å². The Bertz CT molecular complexity index is 699. The Morgan fingerprint density at radius 3 is 2.21 bits per heavy atom. The Morgan fingerprint density at radius 1 is 1.05 bits per heavy atom. The molecule has 0 saturated carbocycles. The molecule has 6 heteroatoms. The maximum Gasteiger partial charge on any atom is 0.206 e. The molecule has 0 aliphatic rings. The third-order valence-corrected chi connectivity index (χ3v) is 5.21. The molecule has 0 aliphatic carbocycles. The summed E-state index contributed by atoms with van der Waals surface area (Å²) in [6.45, 7) is 0.230. The molecule has 0 heterocycles. The molecule has 2 aromatic carbocycles. The van der Waals surface area contributed by atoms with Crippen LogP contribution < -0.4 is 5.73 Å². The summed E-state index contributed by atoms with van der Waals surface area (Å²) in [6, 6.07) is 9.37. The molecule has 2 rings (SSSR count). The van der Waals surface area contributed by atoms with E-state index in [2.05, 4.69) is 15.9 Å². The molecule has 0 radical (unpaired) electrons. The average Bonchev–Trinajstić information content (AvgIpc) is 2.39. The van der Waals surface area contributed by atoms with Gasteiger partial charge in [0, 0.05) is 11.0 Å². The summed E-state index contributed by atoms with van der Waals surface area (Å²) in [5, 5.41) is 0. The first-order chi connectivity index (χ1) is 8.95. The molecule has 0 saturated heterocycles. The summed E-state index contributed by atoms with van der Waals surface area (Å²) < 4.78 is 38.3. The lowest BCUT2D eigenvalue weighted by atomic mass is 10.2. The van der Waals surface area contributed by atoms with Crippen molar-refractivity contribution in [2.75, 3.05) is 0 Å². The van der Waals surface area contributed by atoms with Crippen molar-refractivity contribution < 1.29 is 12.8 Å². The SMILES string of the molecule is NCc1cc(S(=O)(=O)c2ccc(F)cc2)ccc1Br. The molecular weight excluding hydrogens is 333 g/mol. The van der Waals surface area contributed by atoms with Crippen molar-refractivity contribution >= 4 is 25.8 Å². The van der Waals surface area contributed by atoms with E-state index < -0.39 is 15.7 Å². The molecule has 0 fully saturated rings. The van der Waals surface area contributed by atoms with Crippen LogP contribution in [0.1, 0.15) is 5.56 Å². The van der Waals surface area contributed by atoms with Gasteiger partial charge in [0.1, 0.15) is 5.82 Å². The highest BCUT2D eigenvalue weighted by molar-refractivity contribution is 9.10. The monoisotopic (exact) mass is 343 g/mol. The van der Waals surface area contributed by atoms with E-state index in [4.69, 9.17) is 5.73 Å². The minimum atomic E-state index is -3.65. The number of nitrogens with two attached hydrogens (primary N) is 1. The highest BCUT2D eigenvalue weighted by atomic mass is 79.9. The number of hydrogen-bond donors (Lipinski definition) is 1. The second-order valence-electron chi connectivity index (χ2n) is 3.91. The van der Waals surface area contributed by atoms with Crippen molar-refractivity contribution in [1.29, 1.82) is 0 Å². The summed E-state index contributed by atoms with van der Waals surface area (Å²) in [5.74, 6) is -0.475. The maximum atomic E-state index is 12.8. The summed E-state index contributed by atoms with van der Waals surface area (Å²) in [7, 11) is -3.65. The van der Waals surface area contributed by atoms with Crippen LogP contribution in [0.15, 0.2) is 56.7 Å². The van der Waals surface area contributed by atoms with Gasteiger partial charge < -0.3 is 5.73 Å². The average molecular weight is 344 g/mol. The van der Waals surface area contributed by atoms with Gasteiger partial charge in [-0.1, -0.05) is 15.9 Å². The Hall–Kier alpha value is -1.24. The van der Waals surface area contributed by atoms with Crippen molar-refractivity contribution in [3.8, 4) is 0 Å². The van der Waals surface area contributed by atoms with E-state index in [1.54, 1.807) is 6.07 Å². The zero-order valence-corrected chi connectivity index (χ0v) is 12.2. The van der Waals surface area contributed by atoms with Crippen LogP contribution in [0.5, 0.6) is 0 Å². The van der Waals surface area contributed by atoms with Gasteiger partial charge >= 0.3 is 0 Å². The molecule has 3 nitrogen and oxygen atoms in total. The minimum absolute atomic E-state index is 0.0548. The fourth-order valence-electron chi connectivity index (χ4n) is 1.62. The largest absolute Gasteiger partial charge is 0.326 e. The Labute approximate surface area is 119 Å². The maximum absolute atomic E-state index is 12.8. The van der Waals surface area contributed by atoms with Crippen molar-refractivity contribution in [1.82, 2.24) is 0 Å². The predicted octanol–water partition coefficient (Wildman–Crippen LogP) is 2.88. The Morgan fingerprint density at radius 2 is 1.63 bits per heavy atom. The number of rotatable bonds is 3. The van der Waals surface area contributed by atoms with E-state index in [9.17, 15) is 12.8 Å². The van der Waals surface area contributed by atoms with Gasteiger partial charge in [-0.25, -0.2) is 12.8 Å². The fourth-order valence-corrected chi connectivity index (χ4v) is 3.34. The lowest BCUT2D eigenvalue weighted by Gasteiger charge is -2.07. The van der Waals surface area contributed by atoms with Gasteiger partial charge in [-0.15, -0.1) is 0 Å². The van der Waals surface area contributed by atoms with Crippen LogP contribution in [0.2, 0.25) is 0 Å². The summed E-state index contributed by atoms with van der Waals surface area (Å²) in [4.78, 5) is 0.196. The molecule has 19 heavy (non-hydrogen) atoms. The van der Waals surface area contributed by atoms with Crippen molar-refractivity contribution in [2.45, 2.75) is 16.3 Å². The number of halogens is 2. The molecule has 100 valence electrons. The first-order valence-corrected chi connectivity index (χ1v) is 7.72. The Kier molecular flexibility index (Phi) is 4.03.